The normalized spacial score (nSPS) is 5.25. The summed E-state index contributed by atoms with van der Waals surface area (Å²) in [4.78, 5) is 0. The highest BCUT2D eigenvalue weighted by molar-refractivity contribution is 6.03. The zero-order valence-electron chi connectivity index (χ0n) is 2.08. The van der Waals surface area contributed by atoms with Crippen LogP contribution in [0.15, 0.2) is 0 Å². The van der Waals surface area contributed by atoms with Gasteiger partial charge in [-0.05, 0) is 0 Å². The van der Waals surface area contributed by atoms with Gasteiger partial charge in [-0.1, -0.05) is 0 Å². The summed E-state index contributed by atoms with van der Waals surface area (Å²) in [5, 5.41) is 2.39. The molecule has 0 aromatic carbocycles. The van der Waals surface area contributed by atoms with Crippen LogP contribution in [0.25, 0.3) is 0 Å². The fourth-order valence-corrected chi connectivity index (χ4v) is 0. The second-order valence-corrected chi connectivity index (χ2v) is 0.866. The van der Waals surface area contributed by atoms with Crippen molar-refractivity contribution in [2.75, 3.05) is 0 Å². The summed E-state index contributed by atoms with van der Waals surface area (Å²) in [5.74, 6) is 4.66. The minimum absolute atomic E-state index is 0. The van der Waals surface area contributed by atoms with E-state index in [-0.39, 0.29) is 17.4 Å². The fraction of sp³-hybridized carbons (Fsp3) is 0. The summed E-state index contributed by atoms with van der Waals surface area (Å²) in [5.41, 5.74) is 0. The molecule has 0 unspecified atom stereocenters. The van der Waals surface area contributed by atoms with E-state index in [9.17, 15) is 0 Å². The third-order valence-electron chi connectivity index (χ3n) is 0. The standard InChI is InChI=1S/Al.H6N2Si.3H/c;1-2-3;;;/h;2H,1H2,3H3;;;. The summed E-state index contributed by atoms with van der Waals surface area (Å²) in [6, 6.07) is 0. The lowest BCUT2D eigenvalue weighted by Crippen LogP contribution is -2.15. The van der Waals surface area contributed by atoms with Gasteiger partial charge in [0.25, 0.3) is 0 Å². The molecule has 0 aliphatic carbocycles. The monoisotopic (exact) mass is 92.0 g/mol. The molecule has 0 atom stereocenters. The van der Waals surface area contributed by atoms with E-state index < -0.39 is 0 Å². The Balaban J connectivity index is 0. The van der Waals surface area contributed by atoms with Crippen molar-refractivity contribution in [3.63, 3.8) is 0 Å². The molecule has 0 radical (unpaired) electrons. The van der Waals surface area contributed by atoms with Gasteiger partial charge in [-0.15, -0.1) is 0 Å². The minimum atomic E-state index is 0. The van der Waals surface area contributed by atoms with Crippen LogP contribution < -0.4 is 10.9 Å². The summed E-state index contributed by atoms with van der Waals surface area (Å²) in [6.07, 6.45) is 0. The Morgan fingerprint density at radius 3 is 1.75 bits per heavy atom. The highest BCUT2D eigenvalue weighted by Gasteiger charge is 1.24. The molecule has 3 N–H and O–H groups in total. The maximum atomic E-state index is 4.66. The minimum Gasteiger partial charge on any atom is -0.292 e. The number of nitrogens with one attached hydrogen (secondary N) is 1. The van der Waals surface area contributed by atoms with E-state index in [0.29, 0.717) is 0 Å². The van der Waals surface area contributed by atoms with Crippen molar-refractivity contribution in [2.45, 2.75) is 0 Å². The van der Waals surface area contributed by atoms with Crippen LogP contribution in [0.4, 0.5) is 0 Å². The summed E-state index contributed by atoms with van der Waals surface area (Å²) in [6.45, 7) is 0. The van der Waals surface area contributed by atoms with Crippen molar-refractivity contribution in [1.29, 1.82) is 0 Å². The molecule has 0 aliphatic rings. The molecule has 0 rings (SSSR count). The lowest BCUT2D eigenvalue weighted by atomic mass is 13.0. The van der Waals surface area contributed by atoms with Gasteiger partial charge in [0.05, 0.1) is 10.4 Å². The maximum absolute atomic E-state index is 4.66. The van der Waals surface area contributed by atoms with E-state index in [1.54, 1.807) is 0 Å². The van der Waals surface area contributed by atoms with Crippen LogP contribution in [0.2, 0.25) is 0 Å². The number of nitrogens with two attached hydrogens (primary N) is 1. The molecule has 2 nitrogen and oxygen atoms in total. The number of hydrogen-bond donors (Lipinski definition) is 2. The Morgan fingerprint density at radius 1 is 1.75 bits per heavy atom. The van der Waals surface area contributed by atoms with E-state index in [1.807, 2.05) is 0 Å². The van der Waals surface area contributed by atoms with Gasteiger partial charge in [-0.3, -0.25) is 10.9 Å². The van der Waals surface area contributed by atoms with E-state index >= 15 is 0 Å². The predicted octanol–water partition coefficient (Wildman–Crippen LogP) is -3.45. The molecule has 0 heterocycles. The van der Waals surface area contributed by atoms with Crippen LogP contribution in [0.1, 0.15) is 0 Å². The van der Waals surface area contributed by atoms with Crippen LogP contribution in [-0.2, 0) is 0 Å². The summed E-state index contributed by atoms with van der Waals surface area (Å²) < 4.78 is 0. The molecule has 0 spiro atoms. The van der Waals surface area contributed by atoms with Gasteiger partial charge in [-0.2, -0.15) is 0 Å². The molecule has 0 saturated heterocycles. The number of hydrogen-bond acceptors (Lipinski definition) is 2. The molecular weight excluding hydrogens is 83.1 g/mol. The quantitative estimate of drug-likeness (QED) is 0.185. The Kier molecular flexibility index (Phi) is 20.7. The third kappa shape index (κ3) is 16.6. The van der Waals surface area contributed by atoms with Crippen LogP contribution in [0.3, 0.4) is 0 Å². The zero-order chi connectivity index (χ0) is 2.71. The lowest BCUT2D eigenvalue weighted by molar-refractivity contribution is 1.10. The molecule has 0 aromatic heterocycles. The first kappa shape index (κ1) is 8.82. The second-order valence-electron chi connectivity index (χ2n) is 0.289. The molecule has 0 fully saturated rings. The van der Waals surface area contributed by atoms with Gasteiger partial charge < -0.3 is 0 Å². The Morgan fingerprint density at radius 2 is 1.75 bits per heavy atom. The van der Waals surface area contributed by atoms with E-state index in [1.165, 1.54) is 0 Å². The van der Waals surface area contributed by atoms with Gasteiger partial charge in [0.1, 0.15) is 0 Å². The predicted molar refractivity (Wildman–Crippen MR) is 27.2 cm³/mol. The van der Waals surface area contributed by atoms with Crippen LogP contribution in [0.5, 0.6) is 0 Å². The molecule has 0 amide bonds. The Labute approximate surface area is 39.4 Å². The highest BCUT2D eigenvalue weighted by Crippen LogP contribution is 0.746. The molecule has 4 heteroatoms. The Bertz CT molecular complexity index is 6.00. The third-order valence-corrected chi connectivity index (χ3v) is 0. The topological polar surface area (TPSA) is 38.0 Å². The van der Waals surface area contributed by atoms with Crippen molar-refractivity contribution in [1.82, 2.24) is 5.09 Å². The molecule has 0 aliphatic heterocycles. The maximum Gasteiger partial charge on any atom is 0.187 e. The van der Waals surface area contributed by atoms with Crippen LogP contribution in [-0.4, -0.2) is 27.8 Å². The van der Waals surface area contributed by atoms with E-state index in [4.69, 9.17) is 0 Å². The highest BCUT2D eigenvalue weighted by atomic mass is 28.2. The first-order valence-electron chi connectivity index (χ1n) is 0.789. The summed E-state index contributed by atoms with van der Waals surface area (Å²) >= 11 is 0. The molecule has 0 bridgehead atoms. The van der Waals surface area contributed by atoms with Crippen molar-refractivity contribution in [3.05, 3.63) is 0 Å². The summed E-state index contributed by atoms with van der Waals surface area (Å²) in [7, 11) is 0.897. The van der Waals surface area contributed by atoms with Gasteiger partial charge >= 0.3 is 0 Å². The number of rotatable bonds is 0. The van der Waals surface area contributed by atoms with Crippen molar-refractivity contribution in [2.24, 2.45) is 5.84 Å². The molecular formula is H9AlN2Si. The van der Waals surface area contributed by atoms with Crippen molar-refractivity contribution >= 4 is 27.8 Å². The first-order valence-corrected chi connectivity index (χ1v) is 1.79. The van der Waals surface area contributed by atoms with Gasteiger partial charge in [0.2, 0.25) is 0 Å². The van der Waals surface area contributed by atoms with Gasteiger partial charge in [0, 0.05) is 0 Å². The second kappa shape index (κ2) is 9.38. The van der Waals surface area contributed by atoms with Gasteiger partial charge in [-0.25, -0.2) is 0 Å². The SMILES string of the molecule is NN[SiH3].[AlH3]. The number of hydrazine groups is 1. The Hall–Kier alpha value is 0.669. The van der Waals surface area contributed by atoms with E-state index in [2.05, 4.69) is 10.9 Å². The largest absolute Gasteiger partial charge is 0.292 e. The van der Waals surface area contributed by atoms with Crippen molar-refractivity contribution in [3.8, 4) is 0 Å². The molecule has 4 heavy (non-hydrogen) atoms. The average molecular weight is 92.2 g/mol. The smallest absolute Gasteiger partial charge is 0.187 e. The van der Waals surface area contributed by atoms with Gasteiger partial charge in [0.15, 0.2) is 17.4 Å². The molecule has 0 aromatic rings. The van der Waals surface area contributed by atoms with Crippen LogP contribution >= 0.6 is 0 Å². The van der Waals surface area contributed by atoms with Crippen LogP contribution in [0, 0.1) is 0 Å². The molecule has 0 saturated carbocycles. The first-order chi connectivity index (χ1) is 1.41. The van der Waals surface area contributed by atoms with E-state index in [0.717, 1.165) is 10.4 Å². The average Bonchev–Trinajstić information content (AvgIpc) is 0.918. The zero-order valence-corrected chi connectivity index (χ0v) is 4.08. The van der Waals surface area contributed by atoms with Crippen molar-refractivity contribution < 1.29 is 0 Å². The molecule has 26 valence electrons. The lowest BCUT2D eigenvalue weighted by Gasteiger charge is -1.62. The fourth-order valence-electron chi connectivity index (χ4n) is 0.